The molecule has 0 fully saturated rings. The van der Waals surface area contributed by atoms with E-state index in [1.54, 1.807) is 0 Å². The first-order valence-electron chi connectivity index (χ1n) is 6.47. The Labute approximate surface area is 120 Å². The largest absolute Gasteiger partial charge is 0.451 e. The standard InChI is InChI=1S/C12H18F3N5O/c1-3-7(2)18-10(21)4-5-17-9-6-8(16)19-11(20-9)12(13,14)15/h6-7H,3-5H2,1-2H3,(H,18,21)(H3,16,17,19,20). The lowest BCUT2D eigenvalue weighted by atomic mass is 10.2. The molecule has 9 heteroatoms. The van der Waals surface area contributed by atoms with Crippen LogP contribution in [0.15, 0.2) is 6.07 Å². The minimum absolute atomic E-state index is 0.0593. The molecule has 0 aliphatic heterocycles. The third-order valence-electron chi connectivity index (χ3n) is 2.68. The number of nitrogen functional groups attached to an aromatic ring is 1. The SMILES string of the molecule is CCC(C)NC(=O)CCNc1cc(N)nc(C(F)(F)F)n1. The van der Waals surface area contributed by atoms with Crippen molar-refractivity contribution >= 4 is 17.5 Å². The van der Waals surface area contributed by atoms with Crippen LogP contribution in [0.25, 0.3) is 0 Å². The lowest BCUT2D eigenvalue weighted by Gasteiger charge is -2.12. The third kappa shape index (κ3) is 5.84. The van der Waals surface area contributed by atoms with Crippen LogP contribution in [-0.4, -0.2) is 28.5 Å². The van der Waals surface area contributed by atoms with E-state index >= 15 is 0 Å². The molecule has 6 nitrogen and oxygen atoms in total. The van der Waals surface area contributed by atoms with E-state index in [0.29, 0.717) is 0 Å². The first kappa shape index (κ1) is 17.0. The van der Waals surface area contributed by atoms with Gasteiger partial charge in [0.25, 0.3) is 0 Å². The first-order valence-corrected chi connectivity index (χ1v) is 6.47. The van der Waals surface area contributed by atoms with Gasteiger partial charge in [0.05, 0.1) is 0 Å². The molecule has 1 aromatic heterocycles. The monoisotopic (exact) mass is 305 g/mol. The second kappa shape index (κ2) is 7.09. The summed E-state index contributed by atoms with van der Waals surface area (Å²) in [6, 6.07) is 1.24. The van der Waals surface area contributed by atoms with Gasteiger partial charge in [-0.15, -0.1) is 0 Å². The molecule has 0 radical (unpaired) electrons. The van der Waals surface area contributed by atoms with E-state index in [1.807, 2.05) is 13.8 Å². The highest BCUT2D eigenvalue weighted by Gasteiger charge is 2.35. The fourth-order valence-electron chi connectivity index (χ4n) is 1.44. The number of hydrogen-bond donors (Lipinski definition) is 3. The summed E-state index contributed by atoms with van der Waals surface area (Å²) in [4.78, 5) is 17.9. The molecule has 1 heterocycles. The fourth-order valence-corrected chi connectivity index (χ4v) is 1.44. The molecule has 21 heavy (non-hydrogen) atoms. The molecule has 4 N–H and O–H groups in total. The predicted octanol–water partition coefficient (Wildman–Crippen LogP) is 1.79. The number of anilines is 2. The summed E-state index contributed by atoms with van der Waals surface area (Å²) in [5.41, 5.74) is 5.30. The van der Waals surface area contributed by atoms with E-state index in [0.717, 1.165) is 6.42 Å². The summed E-state index contributed by atoms with van der Waals surface area (Å²) in [5, 5.41) is 5.37. The van der Waals surface area contributed by atoms with Gasteiger partial charge >= 0.3 is 6.18 Å². The zero-order valence-electron chi connectivity index (χ0n) is 11.8. The van der Waals surface area contributed by atoms with Crippen molar-refractivity contribution in [1.82, 2.24) is 15.3 Å². The van der Waals surface area contributed by atoms with Crippen LogP contribution >= 0.6 is 0 Å². The number of halogens is 3. The number of nitrogens with one attached hydrogen (secondary N) is 2. The Balaban J connectivity index is 2.56. The van der Waals surface area contributed by atoms with Gasteiger partial charge < -0.3 is 16.4 Å². The van der Waals surface area contributed by atoms with Crippen molar-refractivity contribution in [3.63, 3.8) is 0 Å². The zero-order valence-corrected chi connectivity index (χ0v) is 11.8. The number of aromatic nitrogens is 2. The highest BCUT2D eigenvalue weighted by atomic mass is 19.4. The second-order valence-electron chi connectivity index (χ2n) is 4.55. The van der Waals surface area contributed by atoms with Crippen LogP contribution in [0.3, 0.4) is 0 Å². The number of rotatable bonds is 6. The van der Waals surface area contributed by atoms with Crippen LogP contribution in [0.5, 0.6) is 0 Å². The predicted molar refractivity (Wildman–Crippen MR) is 72.4 cm³/mol. The molecule has 118 valence electrons. The van der Waals surface area contributed by atoms with Crippen molar-refractivity contribution in [3.8, 4) is 0 Å². The van der Waals surface area contributed by atoms with Gasteiger partial charge in [-0.05, 0) is 13.3 Å². The van der Waals surface area contributed by atoms with E-state index in [1.165, 1.54) is 6.07 Å². The lowest BCUT2D eigenvalue weighted by molar-refractivity contribution is -0.144. The third-order valence-corrected chi connectivity index (χ3v) is 2.68. The molecule has 0 aliphatic rings. The topological polar surface area (TPSA) is 92.9 Å². The van der Waals surface area contributed by atoms with Crippen molar-refractivity contribution < 1.29 is 18.0 Å². The highest BCUT2D eigenvalue weighted by molar-refractivity contribution is 5.76. The number of carbonyl (C=O) groups is 1. The lowest BCUT2D eigenvalue weighted by Crippen LogP contribution is -2.33. The molecule has 1 aromatic rings. The molecule has 0 aliphatic carbocycles. The molecule has 1 amide bonds. The van der Waals surface area contributed by atoms with Gasteiger partial charge in [0.2, 0.25) is 11.7 Å². The van der Waals surface area contributed by atoms with E-state index in [-0.39, 0.29) is 36.6 Å². The summed E-state index contributed by atoms with van der Waals surface area (Å²) >= 11 is 0. The summed E-state index contributed by atoms with van der Waals surface area (Å²) in [6.07, 6.45) is -3.74. The Morgan fingerprint density at radius 3 is 2.67 bits per heavy atom. The number of alkyl halides is 3. The van der Waals surface area contributed by atoms with Gasteiger partial charge in [-0.25, -0.2) is 9.97 Å². The maximum absolute atomic E-state index is 12.5. The zero-order chi connectivity index (χ0) is 16.0. The fraction of sp³-hybridized carbons (Fsp3) is 0.583. The number of amides is 1. The van der Waals surface area contributed by atoms with Crippen molar-refractivity contribution in [3.05, 3.63) is 11.9 Å². The van der Waals surface area contributed by atoms with E-state index < -0.39 is 12.0 Å². The molecule has 0 aromatic carbocycles. The number of nitrogens with two attached hydrogens (primary N) is 1. The number of nitrogens with zero attached hydrogens (tertiary/aromatic N) is 2. The molecular weight excluding hydrogens is 287 g/mol. The van der Waals surface area contributed by atoms with Gasteiger partial charge in [0.15, 0.2) is 0 Å². The molecule has 1 rings (SSSR count). The summed E-state index contributed by atoms with van der Waals surface area (Å²) < 4.78 is 37.5. The van der Waals surface area contributed by atoms with Crippen molar-refractivity contribution in [1.29, 1.82) is 0 Å². The van der Waals surface area contributed by atoms with Gasteiger partial charge in [0, 0.05) is 25.1 Å². The van der Waals surface area contributed by atoms with E-state index in [4.69, 9.17) is 5.73 Å². The molecular formula is C12H18F3N5O. The van der Waals surface area contributed by atoms with Crippen LogP contribution in [0, 0.1) is 0 Å². The minimum atomic E-state index is -4.67. The minimum Gasteiger partial charge on any atom is -0.384 e. The average molecular weight is 305 g/mol. The molecule has 0 spiro atoms. The quantitative estimate of drug-likeness (QED) is 0.745. The first-order chi connectivity index (χ1) is 9.72. The maximum atomic E-state index is 12.5. The Morgan fingerprint density at radius 2 is 2.10 bits per heavy atom. The van der Waals surface area contributed by atoms with E-state index in [2.05, 4.69) is 20.6 Å². The van der Waals surface area contributed by atoms with Gasteiger partial charge in [-0.1, -0.05) is 6.92 Å². The van der Waals surface area contributed by atoms with Gasteiger partial charge in [-0.2, -0.15) is 13.2 Å². The molecule has 0 bridgehead atoms. The number of carbonyl (C=O) groups excluding carboxylic acids is 1. The van der Waals surface area contributed by atoms with Crippen molar-refractivity contribution in [2.24, 2.45) is 0 Å². The van der Waals surface area contributed by atoms with Crippen LogP contribution in [0.4, 0.5) is 24.8 Å². The highest BCUT2D eigenvalue weighted by Crippen LogP contribution is 2.27. The van der Waals surface area contributed by atoms with Crippen LogP contribution < -0.4 is 16.4 Å². The Morgan fingerprint density at radius 1 is 1.43 bits per heavy atom. The average Bonchev–Trinajstić information content (AvgIpc) is 2.36. The van der Waals surface area contributed by atoms with Crippen molar-refractivity contribution in [2.45, 2.75) is 38.9 Å². The molecule has 1 atom stereocenters. The molecule has 0 saturated heterocycles. The van der Waals surface area contributed by atoms with E-state index in [9.17, 15) is 18.0 Å². The molecule has 1 unspecified atom stereocenters. The summed E-state index contributed by atoms with van der Waals surface area (Å²) in [5.74, 6) is -1.85. The van der Waals surface area contributed by atoms with Crippen LogP contribution in [0.2, 0.25) is 0 Å². The maximum Gasteiger partial charge on any atom is 0.451 e. The normalized spacial score (nSPS) is 12.8. The summed E-state index contributed by atoms with van der Waals surface area (Å²) in [6.45, 7) is 3.95. The Bertz CT molecular complexity index is 492. The molecule has 0 saturated carbocycles. The number of hydrogen-bond acceptors (Lipinski definition) is 5. The van der Waals surface area contributed by atoms with Crippen LogP contribution in [0.1, 0.15) is 32.5 Å². The van der Waals surface area contributed by atoms with Crippen molar-refractivity contribution in [2.75, 3.05) is 17.6 Å². The summed E-state index contributed by atoms with van der Waals surface area (Å²) in [7, 11) is 0. The Hall–Kier alpha value is -2.06. The Kier molecular flexibility index (Phi) is 5.74. The second-order valence-corrected chi connectivity index (χ2v) is 4.55. The van der Waals surface area contributed by atoms with Gasteiger partial charge in [-0.3, -0.25) is 4.79 Å². The smallest absolute Gasteiger partial charge is 0.384 e. The van der Waals surface area contributed by atoms with Gasteiger partial charge in [0.1, 0.15) is 11.6 Å². The van der Waals surface area contributed by atoms with Crippen LogP contribution in [-0.2, 0) is 11.0 Å².